The highest BCUT2D eigenvalue weighted by Crippen LogP contribution is 2.19. The summed E-state index contributed by atoms with van der Waals surface area (Å²) in [5, 5.41) is 21.6. The van der Waals surface area contributed by atoms with Gasteiger partial charge in [-0.3, -0.25) is 9.59 Å². The summed E-state index contributed by atoms with van der Waals surface area (Å²) in [4.78, 5) is 52.5. The van der Waals surface area contributed by atoms with Crippen LogP contribution >= 0.6 is 0 Å². The van der Waals surface area contributed by atoms with E-state index in [4.69, 9.17) is 0 Å². The van der Waals surface area contributed by atoms with Crippen LogP contribution in [-0.4, -0.2) is 75.9 Å². The smallest absolute Gasteiger partial charge is 0.326 e. The molecule has 9 nitrogen and oxygen atoms in total. The fraction of sp³-hybridized carbons (Fsp3) is 0.333. The number of ketones is 1. The number of hydrogen-bond acceptors (Lipinski definition) is 5. The highest BCUT2D eigenvalue weighted by molar-refractivity contribution is 5.99. The van der Waals surface area contributed by atoms with E-state index in [0.29, 0.717) is 24.9 Å². The fourth-order valence-corrected chi connectivity index (χ4v) is 3.83. The maximum Gasteiger partial charge on any atom is 0.326 e. The Morgan fingerprint density at radius 1 is 1.09 bits per heavy atom. The van der Waals surface area contributed by atoms with E-state index in [0.717, 1.165) is 5.56 Å². The summed E-state index contributed by atoms with van der Waals surface area (Å²) in [6.07, 6.45) is 1.13. The van der Waals surface area contributed by atoms with Gasteiger partial charge in [0.15, 0.2) is 5.78 Å². The van der Waals surface area contributed by atoms with Crippen LogP contribution < -0.4 is 5.32 Å². The van der Waals surface area contributed by atoms with E-state index >= 15 is 0 Å². The van der Waals surface area contributed by atoms with Crippen molar-refractivity contribution in [3.8, 4) is 5.75 Å². The quantitative estimate of drug-likeness (QED) is 0.560. The molecule has 0 bridgehead atoms. The number of carboxylic acid groups (broad SMARTS) is 1. The Hall–Kier alpha value is -3.88. The minimum absolute atomic E-state index is 0.0823. The zero-order chi connectivity index (χ0) is 24.0. The minimum atomic E-state index is -1.07. The predicted molar refractivity (Wildman–Crippen MR) is 120 cm³/mol. The second kappa shape index (κ2) is 10.6. The molecule has 0 saturated carbocycles. The number of benzene rings is 2. The third kappa shape index (κ3) is 6.09. The van der Waals surface area contributed by atoms with Gasteiger partial charge in [-0.25, -0.2) is 9.59 Å². The number of likely N-dealkylation sites (N-methyl/N-ethyl adjacent to an activating group) is 1. The Kier molecular flexibility index (Phi) is 7.66. The molecule has 3 rings (SSSR count). The van der Waals surface area contributed by atoms with Crippen LogP contribution in [-0.2, 0) is 16.0 Å². The van der Waals surface area contributed by atoms with Gasteiger partial charge in [-0.05, 0) is 49.1 Å². The van der Waals surface area contributed by atoms with Crippen LogP contribution in [0.1, 0.15) is 28.8 Å². The maximum absolute atomic E-state index is 13.1. The zero-order valence-corrected chi connectivity index (χ0v) is 18.3. The first-order chi connectivity index (χ1) is 15.8. The molecule has 1 aliphatic heterocycles. The second-order valence-corrected chi connectivity index (χ2v) is 8.06. The SMILES string of the molecule is CN(CC(=O)C(Cc1ccc(O)cc1)NC(=O)c1ccccc1)C(=O)N1CCC[C@H]1C(=O)O. The lowest BCUT2D eigenvalue weighted by molar-refractivity contribution is -0.141. The van der Waals surface area contributed by atoms with E-state index in [2.05, 4.69) is 5.32 Å². The number of phenols is 1. The normalized spacial score (nSPS) is 16.2. The number of aromatic hydroxyl groups is 1. The molecule has 0 aliphatic carbocycles. The average molecular weight is 453 g/mol. The number of aliphatic carboxylic acids is 1. The van der Waals surface area contributed by atoms with E-state index in [9.17, 15) is 29.4 Å². The number of carboxylic acids is 1. The molecular weight excluding hydrogens is 426 g/mol. The summed E-state index contributed by atoms with van der Waals surface area (Å²) in [6.45, 7) is 0.0233. The maximum atomic E-state index is 13.1. The lowest BCUT2D eigenvalue weighted by atomic mass is 10.0. The number of phenolic OH excluding ortho intramolecular Hbond substituents is 1. The summed E-state index contributed by atoms with van der Waals surface area (Å²) in [5.74, 6) is -1.80. The van der Waals surface area contributed by atoms with E-state index in [1.54, 1.807) is 42.5 Å². The van der Waals surface area contributed by atoms with Crippen LogP contribution in [0, 0.1) is 0 Å². The molecule has 1 aliphatic rings. The van der Waals surface area contributed by atoms with Gasteiger partial charge in [0.2, 0.25) is 0 Å². The standard InChI is InChI=1S/C24H27N3O6/c1-26(24(33)27-13-5-8-20(27)23(31)32)15-21(29)19(14-16-9-11-18(28)12-10-16)25-22(30)17-6-3-2-4-7-17/h2-4,6-7,9-12,19-20,28H,5,8,13-15H2,1H3,(H,25,30)(H,31,32)/t19?,20-/m0/s1. The molecule has 2 aromatic rings. The number of nitrogens with one attached hydrogen (secondary N) is 1. The van der Waals surface area contributed by atoms with E-state index < -0.39 is 35.8 Å². The van der Waals surface area contributed by atoms with Gasteiger partial charge in [0.05, 0.1) is 12.6 Å². The lowest BCUT2D eigenvalue weighted by Crippen LogP contribution is -2.51. The molecule has 1 heterocycles. The minimum Gasteiger partial charge on any atom is -0.508 e. The molecule has 2 atom stereocenters. The lowest BCUT2D eigenvalue weighted by Gasteiger charge is -2.28. The largest absolute Gasteiger partial charge is 0.508 e. The van der Waals surface area contributed by atoms with Crippen molar-refractivity contribution in [1.29, 1.82) is 0 Å². The summed E-state index contributed by atoms with van der Waals surface area (Å²) in [6, 6.07) is 12.4. The fourth-order valence-electron chi connectivity index (χ4n) is 3.83. The van der Waals surface area contributed by atoms with Crippen LogP contribution in [0.2, 0.25) is 0 Å². The van der Waals surface area contributed by atoms with Crippen LogP contribution in [0.25, 0.3) is 0 Å². The first-order valence-electron chi connectivity index (χ1n) is 10.7. The van der Waals surface area contributed by atoms with Gasteiger partial charge in [0.1, 0.15) is 11.8 Å². The Balaban J connectivity index is 1.73. The van der Waals surface area contributed by atoms with E-state index in [1.165, 1.54) is 29.0 Å². The van der Waals surface area contributed by atoms with Crippen molar-refractivity contribution in [2.75, 3.05) is 20.1 Å². The number of urea groups is 1. The molecular formula is C24H27N3O6. The van der Waals surface area contributed by atoms with Gasteiger partial charge in [-0.15, -0.1) is 0 Å². The van der Waals surface area contributed by atoms with Gasteiger partial charge in [0.25, 0.3) is 5.91 Å². The van der Waals surface area contributed by atoms with Gasteiger partial charge in [0, 0.05) is 19.2 Å². The van der Waals surface area contributed by atoms with Crippen molar-refractivity contribution >= 4 is 23.7 Å². The van der Waals surface area contributed by atoms with Gasteiger partial charge >= 0.3 is 12.0 Å². The summed E-state index contributed by atoms with van der Waals surface area (Å²) < 4.78 is 0. The first kappa shape index (κ1) is 23.8. The van der Waals surface area contributed by atoms with Crippen LogP contribution in [0.3, 0.4) is 0 Å². The number of carbonyl (C=O) groups is 4. The first-order valence-corrected chi connectivity index (χ1v) is 10.7. The van der Waals surface area contributed by atoms with Crippen molar-refractivity contribution in [2.45, 2.75) is 31.3 Å². The van der Waals surface area contributed by atoms with Crippen molar-refractivity contribution in [2.24, 2.45) is 0 Å². The predicted octanol–water partition coefficient (Wildman–Crippen LogP) is 1.90. The summed E-state index contributed by atoms with van der Waals surface area (Å²) in [5.41, 5.74) is 1.12. The van der Waals surface area contributed by atoms with Gasteiger partial charge in [-0.2, -0.15) is 0 Å². The number of Topliss-reactive ketones (excluding diaryl/α,β-unsaturated/α-hetero) is 1. The van der Waals surface area contributed by atoms with Crippen LogP contribution in [0.15, 0.2) is 54.6 Å². The zero-order valence-electron chi connectivity index (χ0n) is 18.3. The van der Waals surface area contributed by atoms with Crippen molar-refractivity contribution in [1.82, 2.24) is 15.1 Å². The Morgan fingerprint density at radius 3 is 2.39 bits per heavy atom. The Labute approximate surface area is 191 Å². The number of hydrogen-bond donors (Lipinski definition) is 3. The van der Waals surface area contributed by atoms with E-state index in [-0.39, 0.29) is 18.7 Å². The van der Waals surface area contributed by atoms with Crippen molar-refractivity contribution < 1.29 is 29.4 Å². The monoisotopic (exact) mass is 453 g/mol. The van der Waals surface area contributed by atoms with Gasteiger partial charge in [-0.1, -0.05) is 30.3 Å². The number of likely N-dealkylation sites (tertiary alicyclic amines) is 1. The highest BCUT2D eigenvalue weighted by Gasteiger charge is 2.36. The third-order valence-electron chi connectivity index (χ3n) is 5.61. The third-order valence-corrected chi connectivity index (χ3v) is 5.61. The Morgan fingerprint density at radius 2 is 1.76 bits per heavy atom. The molecule has 9 heteroatoms. The molecule has 3 N–H and O–H groups in total. The molecule has 33 heavy (non-hydrogen) atoms. The van der Waals surface area contributed by atoms with Crippen LogP contribution in [0.4, 0.5) is 4.79 Å². The number of rotatable bonds is 8. The molecule has 3 amide bonds. The number of nitrogens with zero attached hydrogens (tertiary/aromatic N) is 2. The molecule has 0 spiro atoms. The molecule has 1 unspecified atom stereocenters. The van der Waals surface area contributed by atoms with Crippen molar-refractivity contribution in [3.05, 3.63) is 65.7 Å². The highest BCUT2D eigenvalue weighted by atomic mass is 16.4. The number of carbonyl (C=O) groups excluding carboxylic acids is 3. The number of amides is 3. The molecule has 0 radical (unpaired) electrons. The summed E-state index contributed by atoms with van der Waals surface area (Å²) in [7, 11) is 1.44. The second-order valence-electron chi connectivity index (χ2n) is 8.06. The molecule has 174 valence electrons. The molecule has 0 aromatic heterocycles. The topological polar surface area (TPSA) is 127 Å². The summed E-state index contributed by atoms with van der Waals surface area (Å²) >= 11 is 0. The molecule has 1 fully saturated rings. The average Bonchev–Trinajstić information content (AvgIpc) is 3.30. The van der Waals surface area contributed by atoms with Crippen molar-refractivity contribution in [3.63, 3.8) is 0 Å². The Bertz CT molecular complexity index is 1010. The molecule has 1 saturated heterocycles. The van der Waals surface area contributed by atoms with E-state index in [1.807, 2.05) is 0 Å². The van der Waals surface area contributed by atoms with Gasteiger partial charge < -0.3 is 25.3 Å². The van der Waals surface area contributed by atoms with Crippen LogP contribution in [0.5, 0.6) is 5.75 Å². The molecule has 2 aromatic carbocycles.